The second kappa shape index (κ2) is 9.08. The molecule has 0 saturated heterocycles. The minimum absolute atomic E-state index is 0.136. The fourth-order valence-corrected chi connectivity index (χ4v) is 4.26. The first-order valence-corrected chi connectivity index (χ1v) is 11.2. The van der Waals surface area contributed by atoms with Gasteiger partial charge in [0.1, 0.15) is 6.33 Å². The minimum atomic E-state index is -0.136. The van der Waals surface area contributed by atoms with Crippen LogP contribution in [0.1, 0.15) is 15.9 Å². The first-order valence-electron chi connectivity index (χ1n) is 10.2. The van der Waals surface area contributed by atoms with E-state index in [9.17, 15) is 4.79 Å². The number of anilines is 1. The number of fused-ring (bicyclic) bond motifs is 1. The lowest BCUT2D eigenvalue weighted by Crippen LogP contribution is -2.11. The van der Waals surface area contributed by atoms with E-state index >= 15 is 0 Å². The average molecular weight is 437 g/mol. The summed E-state index contributed by atoms with van der Waals surface area (Å²) in [5.41, 5.74) is 5.49. The van der Waals surface area contributed by atoms with Gasteiger partial charge in [-0.15, -0.1) is 11.8 Å². The molecule has 5 aromatic rings. The molecule has 0 radical (unpaired) electrons. The number of aromatic nitrogens is 3. The number of rotatable bonds is 6. The van der Waals surface area contributed by atoms with Crippen molar-refractivity contribution in [2.75, 3.05) is 5.32 Å². The van der Waals surface area contributed by atoms with Crippen LogP contribution in [0, 0.1) is 0 Å². The third kappa shape index (κ3) is 4.40. The molecule has 0 spiro atoms. The normalized spacial score (nSPS) is 10.9. The maximum atomic E-state index is 12.7. The predicted octanol–water partition coefficient (Wildman–Crippen LogP) is 5.97. The van der Waals surface area contributed by atoms with Crippen molar-refractivity contribution in [1.29, 1.82) is 0 Å². The largest absolute Gasteiger partial charge is 0.322 e. The summed E-state index contributed by atoms with van der Waals surface area (Å²) < 4.78 is 2.01. The van der Waals surface area contributed by atoms with E-state index in [4.69, 9.17) is 0 Å². The van der Waals surface area contributed by atoms with Gasteiger partial charge in [-0.05, 0) is 72.3 Å². The maximum absolute atomic E-state index is 12.7. The van der Waals surface area contributed by atoms with Gasteiger partial charge >= 0.3 is 0 Å². The van der Waals surface area contributed by atoms with Crippen LogP contribution in [0.25, 0.3) is 16.7 Å². The summed E-state index contributed by atoms with van der Waals surface area (Å²) in [6.07, 6.45) is 5.45. The summed E-state index contributed by atoms with van der Waals surface area (Å²) in [7, 11) is 0. The number of benzene rings is 3. The van der Waals surface area contributed by atoms with E-state index in [0.717, 1.165) is 33.1 Å². The Hall–Kier alpha value is -3.90. The van der Waals surface area contributed by atoms with Crippen LogP contribution >= 0.6 is 11.8 Å². The lowest BCUT2D eigenvalue weighted by atomic mass is 10.2. The molecule has 2 heterocycles. The van der Waals surface area contributed by atoms with Gasteiger partial charge in [0.05, 0.1) is 11.0 Å². The Bertz CT molecular complexity index is 1350. The topological polar surface area (TPSA) is 59.8 Å². The van der Waals surface area contributed by atoms with E-state index in [2.05, 4.69) is 21.4 Å². The highest BCUT2D eigenvalue weighted by molar-refractivity contribution is 7.98. The van der Waals surface area contributed by atoms with E-state index in [1.807, 2.05) is 89.6 Å². The van der Waals surface area contributed by atoms with E-state index in [1.165, 1.54) is 5.56 Å². The Morgan fingerprint density at radius 1 is 0.906 bits per heavy atom. The maximum Gasteiger partial charge on any atom is 0.255 e. The molecule has 1 amide bonds. The lowest BCUT2D eigenvalue weighted by molar-refractivity contribution is 0.102. The van der Waals surface area contributed by atoms with Gasteiger partial charge in [0, 0.05) is 40.0 Å². The van der Waals surface area contributed by atoms with Crippen LogP contribution in [0.5, 0.6) is 0 Å². The van der Waals surface area contributed by atoms with E-state index in [0.29, 0.717) is 5.56 Å². The van der Waals surface area contributed by atoms with Crippen LogP contribution < -0.4 is 5.32 Å². The third-order valence-corrected chi connectivity index (χ3v) is 6.18. The highest BCUT2D eigenvalue weighted by atomic mass is 32.2. The van der Waals surface area contributed by atoms with Gasteiger partial charge in [-0.3, -0.25) is 14.3 Å². The summed E-state index contributed by atoms with van der Waals surface area (Å²) in [6, 6.07) is 27.4. The summed E-state index contributed by atoms with van der Waals surface area (Å²) in [5, 5.41) is 2.97. The highest BCUT2D eigenvalue weighted by Crippen LogP contribution is 2.24. The lowest BCUT2D eigenvalue weighted by Gasteiger charge is -2.08. The van der Waals surface area contributed by atoms with Crippen molar-refractivity contribution in [3.63, 3.8) is 0 Å². The number of nitrogens with zero attached hydrogens (tertiary/aromatic N) is 3. The SMILES string of the molecule is O=C(Nc1ccc(SCc2cccnc2)cc1)c1ccc(-n2cnc3ccccc32)cc1. The Labute approximate surface area is 190 Å². The first kappa shape index (κ1) is 20.0. The van der Waals surface area contributed by atoms with Gasteiger partial charge in [0.15, 0.2) is 0 Å². The number of hydrogen-bond acceptors (Lipinski definition) is 4. The van der Waals surface area contributed by atoms with Gasteiger partial charge in [-0.25, -0.2) is 4.98 Å². The molecule has 5 rings (SSSR count). The zero-order chi connectivity index (χ0) is 21.8. The van der Waals surface area contributed by atoms with Crippen molar-refractivity contribution in [1.82, 2.24) is 14.5 Å². The number of imidazole rings is 1. The van der Waals surface area contributed by atoms with Gasteiger partial charge in [-0.2, -0.15) is 0 Å². The molecular weight excluding hydrogens is 416 g/mol. The molecule has 0 unspecified atom stereocenters. The van der Waals surface area contributed by atoms with Crippen LogP contribution in [-0.2, 0) is 5.75 Å². The van der Waals surface area contributed by atoms with Gasteiger partial charge in [0.25, 0.3) is 5.91 Å². The summed E-state index contributed by atoms with van der Waals surface area (Å²) in [6.45, 7) is 0. The minimum Gasteiger partial charge on any atom is -0.322 e. The standard InChI is InChI=1S/C26H20N4OS/c31-26(29-21-9-13-23(14-10-21)32-17-19-4-3-15-27-16-19)20-7-11-22(12-8-20)30-18-28-24-5-1-2-6-25(24)30/h1-16,18H,17H2,(H,29,31). The zero-order valence-corrected chi connectivity index (χ0v) is 18.0. The fraction of sp³-hybridized carbons (Fsp3) is 0.0385. The molecule has 6 heteroatoms. The number of hydrogen-bond donors (Lipinski definition) is 1. The molecule has 156 valence electrons. The molecule has 1 N–H and O–H groups in total. The fourth-order valence-electron chi connectivity index (χ4n) is 3.43. The molecule has 0 atom stereocenters. The molecule has 0 bridgehead atoms. The van der Waals surface area contributed by atoms with Crippen molar-refractivity contribution >= 4 is 34.4 Å². The quantitative estimate of drug-likeness (QED) is 0.333. The summed E-state index contributed by atoms with van der Waals surface area (Å²) >= 11 is 1.74. The molecule has 0 saturated carbocycles. The zero-order valence-electron chi connectivity index (χ0n) is 17.2. The summed E-state index contributed by atoms with van der Waals surface area (Å²) in [4.78, 5) is 22.4. The van der Waals surface area contributed by atoms with Crippen molar-refractivity contribution in [2.45, 2.75) is 10.6 Å². The number of carbonyl (C=O) groups is 1. The van der Waals surface area contributed by atoms with Crippen molar-refractivity contribution in [3.05, 3.63) is 115 Å². The highest BCUT2D eigenvalue weighted by Gasteiger charge is 2.08. The van der Waals surface area contributed by atoms with Gasteiger partial charge < -0.3 is 5.32 Å². The first-order chi connectivity index (χ1) is 15.8. The van der Waals surface area contributed by atoms with Crippen LogP contribution in [-0.4, -0.2) is 20.4 Å². The molecule has 2 aromatic heterocycles. The number of nitrogens with one attached hydrogen (secondary N) is 1. The third-order valence-electron chi connectivity index (χ3n) is 5.10. The van der Waals surface area contributed by atoms with E-state index < -0.39 is 0 Å². The Morgan fingerprint density at radius 3 is 2.50 bits per heavy atom. The van der Waals surface area contributed by atoms with Gasteiger partial charge in [0.2, 0.25) is 0 Å². The molecule has 0 fully saturated rings. The predicted molar refractivity (Wildman–Crippen MR) is 129 cm³/mol. The van der Waals surface area contributed by atoms with Crippen LogP contribution in [0.2, 0.25) is 0 Å². The van der Waals surface area contributed by atoms with Crippen LogP contribution in [0.3, 0.4) is 0 Å². The summed E-state index contributed by atoms with van der Waals surface area (Å²) in [5.74, 6) is 0.723. The molecule has 0 aliphatic carbocycles. The van der Waals surface area contributed by atoms with Gasteiger partial charge in [-0.1, -0.05) is 18.2 Å². The van der Waals surface area contributed by atoms with Crippen LogP contribution in [0.4, 0.5) is 5.69 Å². The van der Waals surface area contributed by atoms with E-state index in [-0.39, 0.29) is 5.91 Å². The smallest absolute Gasteiger partial charge is 0.255 e. The number of pyridine rings is 1. The second-order valence-corrected chi connectivity index (χ2v) is 8.33. The number of amides is 1. The number of para-hydroxylation sites is 2. The Kier molecular flexibility index (Phi) is 5.68. The second-order valence-electron chi connectivity index (χ2n) is 7.28. The number of carbonyl (C=O) groups excluding carboxylic acids is 1. The molecule has 0 aliphatic rings. The Morgan fingerprint density at radius 2 is 1.72 bits per heavy atom. The number of thioether (sulfide) groups is 1. The molecule has 32 heavy (non-hydrogen) atoms. The van der Waals surface area contributed by atoms with E-state index in [1.54, 1.807) is 24.3 Å². The van der Waals surface area contributed by atoms with Crippen molar-refractivity contribution in [2.24, 2.45) is 0 Å². The van der Waals surface area contributed by atoms with Crippen LogP contribution in [0.15, 0.2) is 109 Å². The molecule has 5 nitrogen and oxygen atoms in total. The average Bonchev–Trinajstić information content (AvgIpc) is 3.29. The monoisotopic (exact) mass is 436 g/mol. The Balaban J connectivity index is 1.23. The van der Waals surface area contributed by atoms with Crippen molar-refractivity contribution < 1.29 is 4.79 Å². The molecule has 0 aliphatic heterocycles. The molecular formula is C26H20N4OS. The van der Waals surface area contributed by atoms with Crippen molar-refractivity contribution in [3.8, 4) is 5.69 Å². The molecule has 3 aromatic carbocycles.